The van der Waals surface area contributed by atoms with Crippen LogP contribution in [0.1, 0.15) is 18.1 Å². The van der Waals surface area contributed by atoms with E-state index in [0.717, 1.165) is 42.5 Å². The number of nitrogens with one attached hydrogen (secondary N) is 2. The molecule has 0 saturated heterocycles. The summed E-state index contributed by atoms with van der Waals surface area (Å²) in [7, 11) is 1.70. The van der Waals surface area contributed by atoms with Gasteiger partial charge in [0.25, 0.3) is 0 Å². The van der Waals surface area contributed by atoms with E-state index >= 15 is 0 Å². The van der Waals surface area contributed by atoms with Crippen molar-refractivity contribution in [1.29, 1.82) is 0 Å². The highest BCUT2D eigenvalue weighted by Crippen LogP contribution is 2.17. The van der Waals surface area contributed by atoms with E-state index in [9.17, 15) is 0 Å². The molecule has 0 bridgehead atoms. The molecule has 0 aliphatic rings. The lowest BCUT2D eigenvalue weighted by Gasteiger charge is -2.13. The Hall–Kier alpha value is -3.28. The van der Waals surface area contributed by atoms with Gasteiger partial charge in [0.1, 0.15) is 5.75 Å². The van der Waals surface area contributed by atoms with E-state index in [1.807, 2.05) is 35.1 Å². The molecule has 2 aromatic carbocycles. The number of benzene rings is 2. The molecule has 0 atom stereocenters. The third kappa shape index (κ3) is 5.36. The summed E-state index contributed by atoms with van der Waals surface area (Å²) < 4.78 is 7.26. The predicted molar refractivity (Wildman–Crippen MR) is 113 cm³/mol. The van der Waals surface area contributed by atoms with Gasteiger partial charge in [-0.25, -0.2) is 9.67 Å². The summed E-state index contributed by atoms with van der Waals surface area (Å²) in [5, 5.41) is 10.9. The number of hydrogen-bond acceptors (Lipinski definition) is 3. The quantitative estimate of drug-likeness (QED) is 0.467. The number of aromatic nitrogens is 2. The molecule has 146 valence electrons. The summed E-state index contributed by atoms with van der Waals surface area (Å²) >= 11 is 0. The van der Waals surface area contributed by atoms with Crippen molar-refractivity contribution in [2.45, 2.75) is 19.9 Å². The zero-order chi connectivity index (χ0) is 19.6. The second-order valence-corrected chi connectivity index (χ2v) is 6.30. The van der Waals surface area contributed by atoms with Gasteiger partial charge in [-0.05, 0) is 48.7 Å². The molecule has 0 spiro atoms. The van der Waals surface area contributed by atoms with Crippen LogP contribution in [0.4, 0.5) is 0 Å². The van der Waals surface area contributed by atoms with Crippen LogP contribution in [-0.2, 0) is 13.0 Å². The molecule has 0 fully saturated rings. The molecule has 3 aromatic rings. The number of ether oxygens (including phenoxy) is 1. The molecular formula is C22H27N5O. The first-order valence-corrected chi connectivity index (χ1v) is 9.53. The number of para-hydroxylation sites is 1. The van der Waals surface area contributed by atoms with Gasteiger partial charge in [-0.2, -0.15) is 5.10 Å². The van der Waals surface area contributed by atoms with Crippen molar-refractivity contribution in [3.05, 3.63) is 78.1 Å². The fourth-order valence-electron chi connectivity index (χ4n) is 2.91. The maximum absolute atomic E-state index is 5.41. The lowest BCUT2D eigenvalue weighted by atomic mass is 10.1. The van der Waals surface area contributed by atoms with E-state index < -0.39 is 0 Å². The molecule has 3 rings (SSSR count). The Morgan fingerprint density at radius 2 is 1.89 bits per heavy atom. The molecule has 0 saturated carbocycles. The molecule has 1 aromatic heterocycles. The van der Waals surface area contributed by atoms with Crippen molar-refractivity contribution in [3.63, 3.8) is 0 Å². The topological polar surface area (TPSA) is 63.5 Å². The van der Waals surface area contributed by atoms with Crippen LogP contribution < -0.4 is 15.4 Å². The Kier molecular flexibility index (Phi) is 7.07. The van der Waals surface area contributed by atoms with Crippen molar-refractivity contribution < 1.29 is 4.74 Å². The van der Waals surface area contributed by atoms with Crippen LogP contribution in [0.3, 0.4) is 0 Å². The Bertz CT molecular complexity index is 872. The third-order valence-electron chi connectivity index (χ3n) is 4.35. The van der Waals surface area contributed by atoms with E-state index in [2.05, 4.69) is 53.0 Å². The Morgan fingerprint density at radius 1 is 1.07 bits per heavy atom. The first-order valence-electron chi connectivity index (χ1n) is 9.53. The first kappa shape index (κ1) is 19.5. The highest BCUT2D eigenvalue weighted by Gasteiger charge is 2.03. The largest absolute Gasteiger partial charge is 0.496 e. The van der Waals surface area contributed by atoms with Gasteiger partial charge >= 0.3 is 0 Å². The van der Waals surface area contributed by atoms with Gasteiger partial charge < -0.3 is 15.4 Å². The van der Waals surface area contributed by atoms with Crippen LogP contribution in [0.2, 0.25) is 0 Å². The normalized spacial score (nSPS) is 11.3. The van der Waals surface area contributed by atoms with Gasteiger partial charge in [-0.3, -0.25) is 0 Å². The van der Waals surface area contributed by atoms with Crippen LogP contribution in [0.15, 0.2) is 72.0 Å². The van der Waals surface area contributed by atoms with E-state index in [4.69, 9.17) is 9.73 Å². The minimum absolute atomic E-state index is 0.614. The summed E-state index contributed by atoms with van der Waals surface area (Å²) in [6.07, 6.45) is 4.58. The van der Waals surface area contributed by atoms with E-state index in [-0.39, 0.29) is 0 Å². The zero-order valence-corrected chi connectivity index (χ0v) is 16.4. The lowest BCUT2D eigenvalue weighted by molar-refractivity contribution is 0.409. The van der Waals surface area contributed by atoms with E-state index in [1.165, 1.54) is 5.56 Å². The molecule has 28 heavy (non-hydrogen) atoms. The van der Waals surface area contributed by atoms with Gasteiger partial charge in [0.05, 0.1) is 19.3 Å². The van der Waals surface area contributed by atoms with Crippen molar-refractivity contribution in [1.82, 2.24) is 20.4 Å². The summed E-state index contributed by atoms with van der Waals surface area (Å²) in [5.74, 6) is 1.73. The number of aliphatic imine (C=N–C) groups is 1. The fourth-order valence-corrected chi connectivity index (χ4v) is 2.91. The van der Waals surface area contributed by atoms with Gasteiger partial charge in [0.15, 0.2) is 5.96 Å². The monoisotopic (exact) mass is 377 g/mol. The summed E-state index contributed by atoms with van der Waals surface area (Å²) in [4.78, 5) is 4.69. The molecular weight excluding hydrogens is 350 g/mol. The number of methoxy groups -OCH3 is 1. The van der Waals surface area contributed by atoms with Crippen LogP contribution in [0.5, 0.6) is 5.75 Å². The maximum Gasteiger partial charge on any atom is 0.191 e. The maximum atomic E-state index is 5.41. The number of nitrogens with zero attached hydrogens (tertiary/aromatic N) is 3. The molecule has 0 amide bonds. The minimum atomic E-state index is 0.614. The second-order valence-electron chi connectivity index (χ2n) is 6.30. The van der Waals surface area contributed by atoms with E-state index in [1.54, 1.807) is 13.3 Å². The van der Waals surface area contributed by atoms with E-state index in [0.29, 0.717) is 6.54 Å². The first-order chi connectivity index (χ1) is 13.8. The Balaban J connectivity index is 1.56. The molecule has 0 aliphatic heterocycles. The molecule has 2 N–H and O–H groups in total. The van der Waals surface area contributed by atoms with Crippen LogP contribution in [0.25, 0.3) is 5.69 Å². The third-order valence-corrected chi connectivity index (χ3v) is 4.35. The zero-order valence-electron chi connectivity index (χ0n) is 16.4. The van der Waals surface area contributed by atoms with Crippen molar-refractivity contribution >= 4 is 5.96 Å². The van der Waals surface area contributed by atoms with Gasteiger partial charge in [0, 0.05) is 25.5 Å². The molecule has 6 nitrogen and oxygen atoms in total. The Labute approximate surface area is 166 Å². The molecule has 0 radical (unpaired) electrons. The molecule has 0 aliphatic carbocycles. The minimum Gasteiger partial charge on any atom is -0.496 e. The fraction of sp³-hybridized carbons (Fsp3) is 0.273. The van der Waals surface area contributed by atoms with Crippen molar-refractivity contribution in [2.24, 2.45) is 4.99 Å². The summed E-state index contributed by atoms with van der Waals surface area (Å²) in [6, 6.07) is 18.3. The average Bonchev–Trinajstić information content (AvgIpc) is 3.27. The lowest BCUT2D eigenvalue weighted by Crippen LogP contribution is -2.38. The standard InChI is InChI=1S/C22H27N5O/c1-3-23-22(24-15-13-19-7-4-5-8-21(19)28-2)25-17-18-9-11-20(12-10-18)27-16-6-14-26-27/h4-12,14,16H,3,13,15,17H2,1-2H3,(H2,23,24,25). The molecule has 6 heteroatoms. The summed E-state index contributed by atoms with van der Waals surface area (Å²) in [6.45, 7) is 4.28. The van der Waals surface area contributed by atoms with Gasteiger partial charge in [-0.1, -0.05) is 30.3 Å². The molecule has 0 unspecified atom stereocenters. The molecule has 1 heterocycles. The highest BCUT2D eigenvalue weighted by molar-refractivity contribution is 5.79. The SMILES string of the molecule is CCNC(=NCc1ccc(-n2cccn2)cc1)NCCc1ccccc1OC. The number of hydrogen-bond donors (Lipinski definition) is 2. The van der Waals surface area contributed by atoms with Crippen LogP contribution in [-0.4, -0.2) is 35.9 Å². The predicted octanol–water partition coefficient (Wildman–Crippen LogP) is 3.18. The van der Waals surface area contributed by atoms with Crippen LogP contribution in [0, 0.1) is 0 Å². The van der Waals surface area contributed by atoms with Gasteiger partial charge in [0.2, 0.25) is 0 Å². The van der Waals surface area contributed by atoms with Gasteiger partial charge in [-0.15, -0.1) is 0 Å². The average molecular weight is 377 g/mol. The van der Waals surface area contributed by atoms with Crippen LogP contribution >= 0.6 is 0 Å². The second kappa shape index (κ2) is 10.2. The number of rotatable bonds is 8. The Morgan fingerprint density at radius 3 is 2.61 bits per heavy atom. The highest BCUT2D eigenvalue weighted by atomic mass is 16.5. The summed E-state index contributed by atoms with van der Waals surface area (Å²) in [5.41, 5.74) is 3.37. The number of guanidine groups is 1. The smallest absolute Gasteiger partial charge is 0.191 e. The van der Waals surface area contributed by atoms with Crippen molar-refractivity contribution in [3.8, 4) is 11.4 Å². The van der Waals surface area contributed by atoms with Crippen molar-refractivity contribution in [2.75, 3.05) is 20.2 Å².